The number of ether oxygens (including phenoxy) is 1. The monoisotopic (exact) mass is 351 g/mol. The van der Waals surface area contributed by atoms with E-state index in [1.807, 2.05) is 0 Å². The standard InChI is InChI=1S/C14H14BrN3O3/c15-10-5-6-13(19)18(9-10)7-8-21-12-4-2-1-3-11(12)14(20)17-16/h1-6,9H,7-8,16H2,(H,17,20). The van der Waals surface area contributed by atoms with Gasteiger partial charge in [0.15, 0.2) is 0 Å². The number of hydrazine groups is 1. The number of hydrogen-bond acceptors (Lipinski definition) is 4. The van der Waals surface area contributed by atoms with E-state index in [9.17, 15) is 9.59 Å². The molecule has 1 amide bonds. The van der Waals surface area contributed by atoms with Crippen LogP contribution in [0, 0.1) is 0 Å². The van der Waals surface area contributed by atoms with Crippen LogP contribution in [-0.2, 0) is 6.54 Å². The van der Waals surface area contributed by atoms with Crippen molar-refractivity contribution in [2.75, 3.05) is 6.61 Å². The van der Waals surface area contributed by atoms with E-state index in [0.29, 0.717) is 17.9 Å². The van der Waals surface area contributed by atoms with Gasteiger partial charge in [-0.05, 0) is 34.1 Å². The van der Waals surface area contributed by atoms with Crippen molar-refractivity contribution < 1.29 is 9.53 Å². The van der Waals surface area contributed by atoms with Gasteiger partial charge in [-0.3, -0.25) is 15.0 Å². The van der Waals surface area contributed by atoms with Crippen LogP contribution in [0.2, 0.25) is 0 Å². The summed E-state index contributed by atoms with van der Waals surface area (Å²) in [7, 11) is 0. The Balaban J connectivity index is 2.06. The molecule has 0 spiro atoms. The zero-order valence-electron chi connectivity index (χ0n) is 11.1. The Kier molecular flexibility index (Phi) is 5.13. The molecule has 2 rings (SSSR count). The smallest absolute Gasteiger partial charge is 0.268 e. The normalized spacial score (nSPS) is 10.2. The molecule has 3 N–H and O–H groups in total. The summed E-state index contributed by atoms with van der Waals surface area (Å²) in [5.41, 5.74) is 2.30. The highest BCUT2D eigenvalue weighted by molar-refractivity contribution is 9.10. The van der Waals surface area contributed by atoms with E-state index >= 15 is 0 Å². The molecule has 7 heteroatoms. The van der Waals surface area contributed by atoms with Gasteiger partial charge in [-0.2, -0.15) is 0 Å². The fraction of sp³-hybridized carbons (Fsp3) is 0.143. The molecule has 21 heavy (non-hydrogen) atoms. The first-order valence-electron chi connectivity index (χ1n) is 6.20. The number of halogens is 1. The van der Waals surface area contributed by atoms with Crippen molar-refractivity contribution in [1.82, 2.24) is 9.99 Å². The highest BCUT2D eigenvalue weighted by Crippen LogP contribution is 2.17. The van der Waals surface area contributed by atoms with E-state index < -0.39 is 5.91 Å². The Morgan fingerprint density at radius 3 is 2.81 bits per heavy atom. The van der Waals surface area contributed by atoms with Gasteiger partial charge in [0.25, 0.3) is 11.5 Å². The fourth-order valence-corrected chi connectivity index (χ4v) is 2.17. The minimum atomic E-state index is -0.426. The number of rotatable bonds is 5. The van der Waals surface area contributed by atoms with Crippen molar-refractivity contribution in [3.8, 4) is 5.75 Å². The molecule has 0 saturated carbocycles. The number of para-hydroxylation sites is 1. The Morgan fingerprint density at radius 1 is 1.29 bits per heavy atom. The number of benzene rings is 1. The molecule has 0 unspecified atom stereocenters. The predicted octanol–water partition coefficient (Wildman–Crippen LogP) is 1.29. The summed E-state index contributed by atoms with van der Waals surface area (Å²) in [5.74, 6) is 5.12. The van der Waals surface area contributed by atoms with E-state index in [1.54, 1.807) is 36.5 Å². The van der Waals surface area contributed by atoms with Crippen LogP contribution in [0.1, 0.15) is 10.4 Å². The third kappa shape index (κ3) is 3.93. The first kappa shape index (κ1) is 15.3. The topological polar surface area (TPSA) is 86.3 Å². The largest absolute Gasteiger partial charge is 0.491 e. The fourth-order valence-electron chi connectivity index (χ4n) is 1.79. The van der Waals surface area contributed by atoms with E-state index in [1.165, 1.54) is 10.6 Å². The molecule has 0 radical (unpaired) electrons. The second kappa shape index (κ2) is 7.05. The SMILES string of the molecule is NNC(=O)c1ccccc1OCCn1cc(Br)ccc1=O. The number of hydrogen-bond donors (Lipinski definition) is 2. The molecule has 1 heterocycles. The van der Waals surface area contributed by atoms with Gasteiger partial charge in [-0.15, -0.1) is 0 Å². The lowest BCUT2D eigenvalue weighted by molar-refractivity contribution is 0.0949. The molecule has 110 valence electrons. The van der Waals surface area contributed by atoms with Crippen molar-refractivity contribution >= 4 is 21.8 Å². The van der Waals surface area contributed by atoms with Crippen LogP contribution < -0.4 is 21.6 Å². The summed E-state index contributed by atoms with van der Waals surface area (Å²) in [6, 6.07) is 9.92. The van der Waals surface area contributed by atoms with E-state index in [4.69, 9.17) is 10.6 Å². The van der Waals surface area contributed by atoms with Gasteiger partial charge >= 0.3 is 0 Å². The van der Waals surface area contributed by atoms with Gasteiger partial charge in [0.2, 0.25) is 0 Å². The van der Waals surface area contributed by atoms with Crippen molar-refractivity contribution in [2.45, 2.75) is 6.54 Å². The van der Waals surface area contributed by atoms with Crippen molar-refractivity contribution in [1.29, 1.82) is 0 Å². The van der Waals surface area contributed by atoms with Crippen LogP contribution in [0.15, 0.2) is 51.9 Å². The maximum Gasteiger partial charge on any atom is 0.268 e. The number of nitrogens with one attached hydrogen (secondary N) is 1. The van der Waals surface area contributed by atoms with Crippen LogP contribution in [0.25, 0.3) is 0 Å². The summed E-state index contributed by atoms with van der Waals surface area (Å²) in [4.78, 5) is 23.2. The lowest BCUT2D eigenvalue weighted by Gasteiger charge is -2.11. The third-order valence-electron chi connectivity index (χ3n) is 2.80. The van der Waals surface area contributed by atoms with Crippen molar-refractivity contribution in [2.24, 2.45) is 5.84 Å². The number of carbonyl (C=O) groups excluding carboxylic acids is 1. The number of aromatic nitrogens is 1. The maximum absolute atomic E-state index is 11.6. The van der Waals surface area contributed by atoms with Gasteiger partial charge in [0.1, 0.15) is 12.4 Å². The number of carbonyl (C=O) groups is 1. The van der Waals surface area contributed by atoms with Crippen LogP contribution >= 0.6 is 15.9 Å². The molecular formula is C14H14BrN3O3. The third-order valence-corrected chi connectivity index (χ3v) is 3.27. The molecule has 0 saturated heterocycles. The Hall–Kier alpha value is -2.12. The lowest BCUT2D eigenvalue weighted by Crippen LogP contribution is -2.30. The molecule has 0 atom stereocenters. The Labute approximate surface area is 129 Å². The number of nitrogens with two attached hydrogens (primary N) is 1. The summed E-state index contributed by atoms with van der Waals surface area (Å²) in [6.45, 7) is 0.627. The quantitative estimate of drug-likeness (QED) is 0.482. The molecule has 0 bridgehead atoms. The van der Waals surface area contributed by atoms with Gasteiger partial charge in [0, 0.05) is 16.7 Å². The molecule has 0 aliphatic rings. The van der Waals surface area contributed by atoms with E-state index in [0.717, 1.165) is 4.47 Å². The van der Waals surface area contributed by atoms with Crippen LogP contribution in [0.5, 0.6) is 5.75 Å². The average molecular weight is 352 g/mol. The summed E-state index contributed by atoms with van der Waals surface area (Å²) in [6.07, 6.45) is 1.68. The maximum atomic E-state index is 11.6. The number of amides is 1. The molecule has 1 aromatic carbocycles. The molecule has 1 aromatic heterocycles. The zero-order chi connectivity index (χ0) is 15.2. The highest BCUT2D eigenvalue weighted by atomic mass is 79.9. The van der Waals surface area contributed by atoms with Crippen LogP contribution in [0.4, 0.5) is 0 Å². The number of nitrogens with zero attached hydrogens (tertiary/aromatic N) is 1. The molecule has 0 aliphatic heterocycles. The number of pyridine rings is 1. The molecule has 2 aromatic rings. The first-order chi connectivity index (χ1) is 10.1. The first-order valence-corrected chi connectivity index (χ1v) is 7.00. The average Bonchev–Trinajstić information content (AvgIpc) is 2.50. The van der Waals surface area contributed by atoms with Crippen LogP contribution in [-0.4, -0.2) is 17.1 Å². The van der Waals surface area contributed by atoms with Gasteiger partial charge in [-0.25, -0.2) is 5.84 Å². The second-order valence-electron chi connectivity index (χ2n) is 4.20. The van der Waals surface area contributed by atoms with Crippen molar-refractivity contribution in [3.63, 3.8) is 0 Å². The van der Waals surface area contributed by atoms with Gasteiger partial charge in [-0.1, -0.05) is 12.1 Å². The van der Waals surface area contributed by atoms with Crippen molar-refractivity contribution in [3.05, 3.63) is 63.0 Å². The lowest BCUT2D eigenvalue weighted by atomic mass is 10.2. The Morgan fingerprint density at radius 2 is 2.05 bits per heavy atom. The molecular weight excluding hydrogens is 338 g/mol. The number of nitrogen functional groups attached to an aromatic ring is 1. The minimum Gasteiger partial charge on any atom is -0.491 e. The predicted molar refractivity (Wildman–Crippen MR) is 82.0 cm³/mol. The van der Waals surface area contributed by atoms with Crippen LogP contribution in [0.3, 0.4) is 0 Å². The molecule has 0 fully saturated rings. The molecule has 6 nitrogen and oxygen atoms in total. The van der Waals surface area contributed by atoms with Gasteiger partial charge in [0.05, 0.1) is 12.1 Å². The van der Waals surface area contributed by atoms with Gasteiger partial charge < -0.3 is 9.30 Å². The molecule has 0 aliphatic carbocycles. The minimum absolute atomic E-state index is 0.116. The van der Waals surface area contributed by atoms with E-state index in [-0.39, 0.29) is 12.2 Å². The Bertz CT molecular complexity index is 700. The zero-order valence-corrected chi connectivity index (χ0v) is 12.7. The highest BCUT2D eigenvalue weighted by Gasteiger charge is 2.10. The summed E-state index contributed by atoms with van der Waals surface area (Å²) in [5, 5.41) is 0. The second-order valence-corrected chi connectivity index (χ2v) is 5.11. The summed E-state index contributed by atoms with van der Waals surface area (Å²) < 4.78 is 7.90. The summed E-state index contributed by atoms with van der Waals surface area (Å²) >= 11 is 3.31. The van der Waals surface area contributed by atoms with E-state index in [2.05, 4.69) is 21.4 Å².